The molecule has 3 fully saturated rings. The van der Waals surface area contributed by atoms with Gasteiger partial charge in [-0.15, -0.1) is 0 Å². The maximum atomic E-state index is 11.4. The minimum Gasteiger partial charge on any atom is -0.478 e. The highest BCUT2D eigenvalue weighted by atomic mass is 16.6. The van der Waals surface area contributed by atoms with Gasteiger partial charge in [0.2, 0.25) is 0 Å². The first-order valence-electron chi connectivity index (χ1n) is 10.7. The van der Waals surface area contributed by atoms with Crippen molar-refractivity contribution in [1.29, 1.82) is 0 Å². The lowest BCUT2D eigenvalue weighted by atomic mass is 9.88. The Morgan fingerprint density at radius 2 is 1.74 bits per heavy atom. The number of carbonyl (C=O) groups excluding carboxylic acids is 3. The van der Waals surface area contributed by atoms with Crippen molar-refractivity contribution in [2.24, 2.45) is 5.92 Å². The van der Waals surface area contributed by atoms with Crippen molar-refractivity contribution < 1.29 is 48.3 Å². The van der Waals surface area contributed by atoms with Crippen LogP contribution in [0.25, 0.3) is 0 Å². The van der Waals surface area contributed by atoms with Crippen LogP contribution in [0.15, 0.2) is 60.2 Å². The van der Waals surface area contributed by atoms with E-state index in [0.29, 0.717) is 18.3 Å². The topological polar surface area (TPSA) is 146 Å². The number of carbonyl (C=O) groups is 3. The first kappa shape index (κ1) is 27.7. The lowest BCUT2D eigenvalue weighted by Gasteiger charge is -2.22. The van der Waals surface area contributed by atoms with Gasteiger partial charge in [-0.3, -0.25) is 0 Å². The summed E-state index contributed by atoms with van der Waals surface area (Å²) in [4.78, 5) is 42.4. The third-order valence-corrected chi connectivity index (χ3v) is 5.35. The maximum Gasteiger partial charge on any atom is 0.345 e. The van der Waals surface area contributed by atoms with Gasteiger partial charge in [0.15, 0.2) is 6.10 Å². The minimum atomic E-state index is -0.935. The summed E-state index contributed by atoms with van der Waals surface area (Å²) in [5.74, 6) is 0.274. The molecular weight excluding hydrogens is 460 g/mol. The number of fused-ring (bicyclic) bond motifs is 1. The Labute approximate surface area is 202 Å². The number of hydrogen-bond acceptors (Lipinski definition) is 9. The average Bonchev–Trinajstić information content (AvgIpc) is 3.49. The number of carboxylic acid groups (broad SMARTS) is 1. The van der Waals surface area contributed by atoms with Gasteiger partial charge in [0, 0.05) is 11.5 Å². The monoisotopic (exact) mass is 488 g/mol. The van der Waals surface area contributed by atoms with Gasteiger partial charge in [-0.1, -0.05) is 31.4 Å². The highest BCUT2D eigenvalue weighted by Crippen LogP contribution is 2.46. The van der Waals surface area contributed by atoms with E-state index in [1.807, 2.05) is 6.07 Å². The molecule has 188 valence electrons. The molecule has 35 heavy (non-hydrogen) atoms. The van der Waals surface area contributed by atoms with Gasteiger partial charge in [-0.05, 0) is 32.4 Å². The van der Waals surface area contributed by atoms with E-state index < -0.39 is 17.9 Å². The second-order valence-corrected chi connectivity index (χ2v) is 8.08. The summed E-state index contributed by atoms with van der Waals surface area (Å²) in [5, 5.41) is 16.5. The van der Waals surface area contributed by atoms with Crippen LogP contribution in [-0.2, 0) is 33.4 Å². The molecular formula is C25H28O10. The Morgan fingerprint density at radius 3 is 2.29 bits per heavy atom. The van der Waals surface area contributed by atoms with Crippen molar-refractivity contribution in [3.63, 3.8) is 0 Å². The second kappa shape index (κ2) is 12.8. The number of carboxylic acids is 1. The van der Waals surface area contributed by atoms with Gasteiger partial charge in [0.1, 0.15) is 23.4 Å². The summed E-state index contributed by atoms with van der Waals surface area (Å²) in [6.45, 7) is 9.64. The fourth-order valence-electron chi connectivity index (χ4n) is 3.47. The molecule has 1 aromatic carbocycles. The van der Waals surface area contributed by atoms with Crippen LogP contribution >= 0.6 is 0 Å². The number of aliphatic carboxylic acids is 1. The van der Waals surface area contributed by atoms with Crippen LogP contribution in [0.3, 0.4) is 0 Å². The van der Waals surface area contributed by atoms with E-state index >= 15 is 0 Å². The Morgan fingerprint density at radius 1 is 1.11 bits per heavy atom. The van der Waals surface area contributed by atoms with Crippen LogP contribution in [-0.4, -0.2) is 71.7 Å². The van der Waals surface area contributed by atoms with E-state index in [4.69, 9.17) is 29.2 Å². The first-order chi connectivity index (χ1) is 16.6. The molecule has 0 aromatic heterocycles. The van der Waals surface area contributed by atoms with Crippen molar-refractivity contribution in [3.8, 4) is 5.75 Å². The number of aliphatic hydroxyl groups excluding tert-OH is 1. The Balaban J connectivity index is 0.000000205. The van der Waals surface area contributed by atoms with E-state index in [9.17, 15) is 19.2 Å². The number of benzene rings is 1. The fourth-order valence-corrected chi connectivity index (χ4v) is 3.47. The predicted molar refractivity (Wildman–Crippen MR) is 122 cm³/mol. The molecule has 10 nitrogen and oxygen atoms in total. The summed E-state index contributed by atoms with van der Waals surface area (Å²) in [7, 11) is 0. The lowest BCUT2D eigenvalue weighted by molar-refractivity contribution is -0.151. The number of para-hydroxylation sites is 1. The molecule has 4 rings (SSSR count). The molecule has 0 radical (unpaired) electrons. The molecule has 0 amide bonds. The second-order valence-electron chi connectivity index (χ2n) is 8.08. The van der Waals surface area contributed by atoms with Crippen LogP contribution in [0, 0.1) is 5.92 Å². The van der Waals surface area contributed by atoms with Crippen LogP contribution < -0.4 is 4.74 Å². The summed E-state index contributed by atoms with van der Waals surface area (Å²) < 4.78 is 21.3. The van der Waals surface area contributed by atoms with Gasteiger partial charge in [0.25, 0.3) is 0 Å². The van der Waals surface area contributed by atoms with Crippen LogP contribution in [0.1, 0.15) is 20.3 Å². The quantitative estimate of drug-likeness (QED) is 0.262. The minimum absolute atomic E-state index is 0.0441. The highest BCUT2D eigenvalue weighted by Gasteiger charge is 2.60. The van der Waals surface area contributed by atoms with Crippen LogP contribution in [0.2, 0.25) is 0 Å². The highest BCUT2D eigenvalue weighted by molar-refractivity contribution is 5.96. The van der Waals surface area contributed by atoms with Crippen molar-refractivity contribution in [1.82, 2.24) is 0 Å². The standard InChI is InChI=1S/C11H12O5.C10H10O3.C4H6O2/c1-5(3-12)11(13)16-9-7-2-6-4-14-10(9)8(6)15-7;1-8(7-11)10(12)13-9-5-3-2-4-6-9;1-3(2)4(5)6/h6-10H,2,4H2,1H3;2-6,11H,1,7H2;1H2,2H3,(H,5,6). The normalized spacial score (nSPS) is 24.5. The van der Waals surface area contributed by atoms with Crippen LogP contribution in [0.4, 0.5) is 0 Å². The number of rotatable bonds is 6. The molecule has 0 aliphatic carbocycles. The molecule has 10 heteroatoms. The maximum absolute atomic E-state index is 11.4. The smallest absolute Gasteiger partial charge is 0.345 e. The van der Waals surface area contributed by atoms with E-state index in [1.165, 1.54) is 19.8 Å². The van der Waals surface area contributed by atoms with E-state index in [1.54, 1.807) is 24.3 Å². The molecule has 2 bridgehead atoms. The van der Waals surface area contributed by atoms with Gasteiger partial charge in [-0.2, -0.15) is 0 Å². The van der Waals surface area contributed by atoms with Crippen LogP contribution in [0.5, 0.6) is 5.75 Å². The Bertz CT molecular complexity index is 994. The summed E-state index contributed by atoms with van der Waals surface area (Å²) in [6.07, 6.45) is 0.379. The van der Waals surface area contributed by atoms with Gasteiger partial charge in [0.05, 0.1) is 31.0 Å². The van der Waals surface area contributed by atoms with E-state index in [2.05, 4.69) is 13.2 Å². The summed E-state index contributed by atoms with van der Waals surface area (Å²) in [5.41, 5.74) is 0.177. The zero-order valence-corrected chi connectivity index (χ0v) is 19.5. The van der Waals surface area contributed by atoms with Gasteiger partial charge in [-0.25, -0.2) is 19.2 Å². The summed E-state index contributed by atoms with van der Waals surface area (Å²) in [6, 6.07) is 8.64. The Hall–Kier alpha value is -3.56. The van der Waals surface area contributed by atoms with Gasteiger partial charge >= 0.3 is 17.9 Å². The van der Waals surface area contributed by atoms with Crippen molar-refractivity contribution in [2.75, 3.05) is 13.2 Å². The SMILES string of the molecule is C=C(C)C(=O)O.C=C(CO)C(=O)Oc1ccccc1.CC(=C=O)C(=O)OC1C2CC3COC1C3O2. The molecule has 3 heterocycles. The fraction of sp³-hybridized carbons (Fsp3) is 0.400. The van der Waals surface area contributed by atoms with Gasteiger partial charge < -0.3 is 29.2 Å². The molecule has 0 saturated carbocycles. The molecule has 1 aromatic rings. The zero-order chi connectivity index (χ0) is 26.1. The number of esters is 2. The third-order valence-electron chi connectivity index (χ3n) is 5.35. The molecule has 3 saturated heterocycles. The zero-order valence-electron chi connectivity index (χ0n) is 19.5. The lowest BCUT2D eigenvalue weighted by Crippen LogP contribution is -2.40. The van der Waals surface area contributed by atoms with E-state index in [-0.39, 0.29) is 47.7 Å². The predicted octanol–water partition coefficient (Wildman–Crippen LogP) is 1.65. The molecule has 3 aliphatic rings. The molecule has 3 aliphatic heterocycles. The van der Waals surface area contributed by atoms with Crippen molar-refractivity contribution in [3.05, 3.63) is 60.2 Å². The largest absolute Gasteiger partial charge is 0.478 e. The molecule has 0 spiro atoms. The summed E-state index contributed by atoms with van der Waals surface area (Å²) >= 11 is 0. The van der Waals surface area contributed by atoms with Crippen molar-refractivity contribution >= 4 is 23.8 Å². The Kier molecular flexibility index (Phi) is 10.1. The number of ether oxygens (including phenoxy) is 4. The van der Waals surface area contributed by atoms with Crippen molar-refractivity contribution in [2.45, 2.75) is 44.7 Å². The molecule has 5 unspecified atom stereocenters. The van der Waals surface area contributed by atoms with E-state index in [0.717, 1.165) is 6.42 Å². The first-order valence-corrected chi connectivity index (χ1v) is 10.7. The average molecular weight is 488 g/mol. The number of hydrogen-bond donors (Lipinski definition) is 2. The molecule has 2 N–H and O–H groups in total. The number of aliphatic hydroxyl groups is 1. The third kappa shape index (κ3) is 7.46. The molecule has 5 atom stereocenters.